The van der Waals surface area contributed by atoms with E-state index in [1.807, 2.05) is 6.92 Å². The van der Waals surface area contributed by atoms with Crippen LogP contribution in [0.25, 0.3) is 0 Å². The highest BCUT2D eigenvalue weighted by Gasteiger charge is 2.45. The SMILES string of the molecule is C[C@H](N)C1CCC2(CCC2)O1. The third-order valence-electron chi connectivity index (χ3n) is 3.14. The Morgan fingerprint density at radius 1 is 1.45 bits per heavy atom. The molecular formula is C9H17NO. The molecule has 2 atom stereocenters. The van der Waals surface area contributed by atoms with E-state index in [-0.39, 0.29) is 11.6 Å². The molecule has 1 heterocycles. The van der Waals surface area contributed by atoms with Crippen LogP contribution < -0.4 is 5.73 Å². The van der Waals surface area contributed by atoms with Crippen LogP contribution in [-0.2, 0) is 4.74 Å². The molecule has 0 aromatic heterocycles. The molecule has 0 bridgehead atoms. The second kappa shape index (κ2) is 2.46. The van der Waals surface area contributed by atoms with E-state index in [0.29, 0.717) is 6.10 Å². The number of hydrogen-bond acceptors (Lipinski definition) is 2. The standard InChI is InChI=1S/C9H17NO/c1-7(10)8-3-6-9(11-8)4-2-5-9/h7-8H,2-6,10H2,1H3/t7-,8?/m0/s1. The summed E-state index contributed by atoms with van der Waals surface area (Å²) in [5, 5.41) is 0. The lowest BCUT2D eigenvalue weighted by molar-refractivity contribution is -0.0954. The monoisotopic (exact) mass is 155 g/mol. The lowest BCUT2D eigenvalue weighted by Crippen LogP contribution is -2.40. The first-order chi connectivity index (χ1) is 5.22. The number of ether oxygens (including phenoxy) is 1. The number of hydrogen-bond donors (Lipinski definition) is 1. The molecule has 0 amide bonds. The van der Waals surface area contributed by atoms with Crippen LogP contribution in [0.2, 0.25) is 0 Å². The van der Waals surface area contributed by atoms with Crippen molar-refractivity contribution in [2.75, 3.05) is 0 Å². The maximum absolute atomic E-state index is 5.92. The van der Waals surface area contributed by atoms with Gasteiger partial charge in [0.15, 0.2) is 0 Å². The highest BCUT2D eigenvalue weighted by molar-refractivity contribution is 4.96. The van der Waals surface area contributed by atoms with Gasteiger partial charge >= 0.3 is 0 Å². The fraction of sp³-hybridized carbons (Fsp3) is 1.00. The minimum atomic E-state index is 0.218. The average molecular weight is 155 g/mol. The van der Waals surface area contributed by atoms with E-state index in [4.69, 9.17) is 10.5 Å². The summed E-state index contributed by atoms with van der Waals surface area (Å²) in [6, 6.07) is 0.218. The molecule has 1 saturated heterocycles. The normalized spacial score (nSPS) is 37.1. The Morgan fingerprint density at radius 2 is 2.18 bits per heavy atom. The molecule has 2 heteroatoms. The Labute approximate surface area is 68.1 Å². The van der Waals surface area contributed by atoms with Crippen LogP contribution >= 0.6 is 0 Å². The highest BCUT2D eigenvalue weighted by atomic mass is 16.5. The van der Waals surface area contributed by atoms with Crippen molar-refractivity contribution in [3.05, 3.63) is 0 Å². The largest absolute Gasteiger partial charge is 0.370 e. The van der Waals surface area contributed by atoms with Gasteiger partial charge in [-0.15, -0.1) is 0 Å². The van der Waals surface area contributed by atoms with Gasteiger partial charge in [0.1, 0.15) is 0 Å². The van der Waals surface area contributed by atoms with Crippen LogP contribution in [0, 0.1) is 0 Å². The zero-order chi connectivity index (χ0) is 7.90. The first kappa shape index (κ1) is 7.56. The number of nitrogens with two attached hydrogens (primary N) is 1. The van der Waals surface area contributed by atoms with Crippen molar-refractivity contribution in [3.63, 3.8) is 0 Å². The van der Waals surface area contributed by atoms with Gasteiger partial charge in [-0.1, -0.05) is 0 Å². The van der Waals surface area contributed by atoms with Crippen LogP contribution in [-0.4, -0.2) is 17.7 Å². The van der Waals surface area contributed by atoms with Crippen molar-refractivity contribution in [2.24, 2.45) is 5.73 Å². The third-order valence-corrected chi connectivity index (χ3v) is 3.14. The molecule has 2 rings (SSSR count). The van der Waals surface area contributed by atoms with Crippen molar-refractivity contribution >= 4 is 0 Å². The van der Waals surface area contributed by atoms with Crippen LogP contribution in [0.15, 0.2) is 0 Å². The molecule has 0 radical (unpaired) electrons. The van der Waals surface area contributed by atoms with Crippen molar-refractivity contribution in [2.45, 2.75) is 56.8 Å². The maximum atomic E-state index is 5.92. The molecule has 2 aliphatic rings. The molecule has 1 spiro atoms. The van der Waals surface area contributed by atoms with E-state index >= 15 is 0 Å². The predicted octanol–water partition coefficient (Wildman–Crippen LogP) is 1.44. The van der Waals surface area contributed by atoms with Crippen LogP contribution in [0.4, 0.5) is 0 Å². The Morgan fingerprint density at radius 3 is 2.45 bits per heavy atom. The molecule has 11 heavy (non-hydrogen) atoms. The van der Waals surface area contributed by atoms with Gasteiger partial charge < -0.3 is 10.5 Å². The first-order valence-electron chi connectivity index (χ1n) is 4.65. The van der Waals surface area contributed by atoms with Gasteiger partial charge in [0.25, 0.3) is 0 Å². The fourth-order valence-electron chi connectivity index (χ4n) is 2.15. The minimum absolute atomic E-state index is 0.218. The van der Waals surface area contributed by atoms with Gasteiger partial charge in [-0.05, 0) is 39.0 Å². The molecule has 0 aromatic rings. The molecule has 64 valence electrons. The van der Waals surface area contributed by atoms with Gasteiger partial charge in [0.05, 0.1) is 11.7 Å². The summed E-state index contributed by atoms with van der Waals surface area (Å²) in [6.07, 6.45) is 6.67. The zero-order valence-electron chi connectivity index (χ0n) is 7.18. The van der Waals surface area contributed by atoms with E-state index in [0.717, 1.165) is 0 Å². The minimum Gasteiger partial charge on any atom is -0.370 e. The van der Waals surface area contributed by atoms with Crippen LogP contribution in [0.3, 0.4) is 0 Å². The Bertz CT molecular complexity index is 152. The van der Waals surface area contributed by atoms with E-state index in [2.05, 4.69) is 0 Å². The van der Waals surface area contributed by atoms with E-state index < -0.39 is 0 Å². The highest BCUT2D eigenvalue weighted by Crippen LogP contribution is 2.45. The van der Waals surface area contributed by atoms with Crippen LogP contribution in [0.1, 0.15) is 39.0 Å². The molecule has 1 saturated carbocycles. The molecule has 1 aliphatic heterocycles. The summed E-state index contributed by atoms with van der Waals surface area (Å²) in [6.45, 7) is 2.04. The van der Waals surface area contributed by atoms with Crippen molar-refractivity contribution in [1.82, 2.24) is 0 Å². The number of rotatable bonds is 1. The average Bonchev–Trinajstić information content (AvgIpc) is 2.28. The molecule has 2 N–H and O–H groups in total. The van der Waals surface area contributed by atoms with E-state index in [1.54, 1.807) is 0 Å². The Kier molecular flexibility index (Phi) is 1.69. The predicted molar refractivity (Wildman–Crippen MR) is 44.3 cm³/mol. The molecular weight excluding hydrogens is 138 g/mol. The molecule has 0 aromatic carbocycles. The van der Waals surface area contributed by atoms with Crippen molar-refractivity contribution in [1.29, 1.82) is 0 Å². The third kappa shape index (κ3) is 1.18. The molecule has 2 fully saturated rings. The smallest absolute Gasteiger partial charge is 0.0731 e. The molecule has 2 nitrogen and oxygen atoms in total. The second-order valence-corrected chi connectivity index (χ2v) is 4.09. The van der Waals surface area contributed by atoms with Crippen molar-refractivity contribution < 1.29 is 4.74 Å². The Balaban J connectivity index is 1.93. The van der Waals surface area contributed by atoms with E-state index in [9.17, 15) is 0 Å². The van der Waals surface area contributed by atoms with Gasteiger partial charge in [0, 0.05) is 6.04 Å². The topological polar surface area (TPSA) is 35.2 Å². The summed E-state index contributed by atoms with van der Waals surface area (Å²) in [4.78, 5) is 0. The van der Waals surface area contributed by atoms with E-state index in [1.165, 1.54) is 32.1 Å². The van der Waals surface area contributed by atoms with Gasteiger partial charge in [-0.3, -0.25) is 0 Å². The summed E-state index contributed by atoms with van der Waals surface area (Å²) < 4.78 is 5.92. The van der Waals surface area contributed by atoms with Gasteiger partial charge in [0.2, 0.25) is 0 Å². The summed E-state index contributed by atoms with van der Waals surface area (Å²) in [5.41, 5.74) is 6.06. The van der Waals surface area contributed by atoms with Crippen LogP contribution in [0.5, 0.6) is 0 Å². The van der Waals surface area contributed by atoms with Gasteiger partial charge in [-0.25, -0.2) is 0 Å². The quantitative estimate of drug-likeness (QED) is 0.621. The first-order valence-corrected chi connectivity index (χ1v) is 4.65. The summed E-state index contributed by atoms with van der Waals surface area (Å²) in [5.74, 6) is 0. The lowest BCUT2D eigenvalue weighted by Gasteiger charge is -2.38. The lowest BCUT2D eigenvalue weighted by atomic mass is 9.78. The maximum Gasteiger partial charge on any atom is 0.0731 e. The summed E-state index contributed by atoms with van der Waals surface area (Å²) >= 11 is 0. The van der Waals surface area contributed by atoms with Crippen molar-refractivity contribution in [3.8, 4) is 0 Å². The second-order valence-electron chi connectivity index (χ2n) is 4.09. The zero-order valence-corrected chi connectivity index (χ0v) is 7.18. The molecule has 1 aliphatic carbocycles. The fourth-order valence-corrected chi connectivity index (χ4v) is 2.15. The van der Waals surface area contributed by atoms with Gasteiger partial charge in [-0.2, -0.15) is 0 Å². The molecule has 1 unspecified atom stereocenters. The Hall–Kier alpha value is -0.0800. The summed E-state index contributed by atoms with van der Waals surface area (Å²) in [7, 11) is 0.